The highest BCUT2D eigenvalue weighted by molar-refractivity contribution is 8.45. The van der Waals surface area contributed by atoms with Gasteiger partial charge in [0.25, 0.3) is 5.09 Å². The Morgan fingerprint density at radius 3 is 2.25 bits per heavy atom. The Hall–Kier alpha value is -3.51. The van der Waals surface area contributed by atoms with Crippen LogP contribution in [0.25, 0.3) is 6.08 Å². The number of aryl methyl sites for hydroxylation is 1. The van der Waals surface area contributed by atoms with Gasteiger partial charge >= 0.3 is 28.5 Å². The highest BCUT2D eigenvalue weighted by Crippen LogP contribution is 3.02. The van der Waals surface area contributed by atoms with E-state index in [1.54, 1.807) is 0 Å². The third-order valence-electron chi connectivity index (χ3n) is 4.22. The van der Waals surface area contributed by atoms with Crippen molar-refractivity contribution in [3.63, 3.8) is 0 Å². The SMILES string of the molecule is CCc1cc(S(F)(F)(F)(F)F)cc2c1OC(C(F)(F)F)C(C(=O)OCOC(=O)OCCO[N+](=O)[O-])=C2. The maximum Gasteiger partial charge on any atom is 0.511 e. The Bertz CT molecular complexity index is 1090. The average molecular weight is 561 g/mol. The molecule has 1 atom stereocenters. The first-order valence-electron chi connectivity index (χ1n) is 9.33. The van der Waals surface area contributed by atoms with Gasteiger partial charge in [0.05, 0.1) is 5.57 Å². The molecule has 1 aliphatic heterocycles. The predicted octanol–water partition coefficient (Wildman–Crippen LogP) is 5.48. The fraction of sp³-hybridized carbons (Fsp3) is 0.412. The van der Waals surface area contributed by atoms with Gasteiger partial charge in [-0.2, -0.15) is 13.2 Å². The maximum absolute atomic E-state index is 13.5. The molecule has 19 heteroatoms. The second-order valence-corrected chi connectivity index (χ2v) is 9.22. The summed E-state index contributed by atoms with van der Waals surface area (Å²) in [4.78, 5) is 34.7. The first kappa shape index (κ1) is 28.7. The Morgan fingerprint density at radius 1 is 1.08 bits per heavy atom. The normalized spacial score (nSPS) is 17.4. The molecule has 0 aromatic heterocycles. The summed E-state index contributed by atoms with van der Waals surface area (Å²) < 4.78 is 125. The zero-order valence-corrected chi connectivity index (χ0v) is 18.5. The number of alkyl halides is 3. The molecule has 10 nitrogen and oxygen atoms in total. The smallest absolute Gasteiger partial charge is 0.475 e. The van der Waals surface area contributed by atoms with Crippen LogP contribution in [0.1, 0.15) is 18.1 Å². The Morgan fingerprint density at radius 2 is 1.72 bits per heavy atom. The van der Waals surface area contributed by atoms with Crippen LogP contribution in [0.4, 0.5) is 37.4 Å². The number of rotatable bonds is 9. The molecule has 0 spiro atoms. The first-order chi connectivity index (χ1) is 16.2. The molecule has 1 unspecified atom stereocenters. The van der Waals surface area contributed by atoms with Crippen molar-refractivity contribution in [2.45, 2.75) is 30.5 Å². The van der Waals surface area contributed by atoms with Crippen LogP contribution >= 0.6 is 10.2 Å². The van der Waals surface area contributed by atoms with Crippen molar-refractivity contribution in [2.75, 3.05) is 20.0 Å². The second kappa shape index (κ2) is 9.17. The highest BCUT2D eigenvalue weighted by atomic mass is 32.5. The lowest BCUT2D eigenvalue weighted by molar-refractivity contribution is -0.757. The third-order valence-corrected chi connectivity index (χ3v) is 5.35. The lowest BCUT2D eigenvalue weighted by atomic mass is 9.98. The maximum atomic E-state index is 13.5. The van der Waals surface area contributed by atoms with Crippen LogP contribution in [0.2, 0.25) is 0 Å². The van der Waals surface area contributed by atoms with E-state index in [1.165, 1.54) is 6.92 Å². The van der Waals surface area contributed by atoms with Gasteiger partial charge in [0.1, 0.15) is 23.9 Å². The topological polar surface area (TPSA) is 123 Å². The average Bonchev–Trinajstić information content (AvgIpc) is 2.72. The Labute approximate surface area is 195 Å². The summed E-state index contributed by atoms with van der Waals surface area (Å²) in [5.41, 5.74) is -2.94. The summed E-state index contributed by atoms with van der Waals surface area (Å²) in [7, 11) is -10.3. The monoisotopic (exact) mass is 561 g/mol. The van der Waals surface area contributed by atoms with Crippen LogP contribution < -0.4 is 4.74 Å². The number of nitrogens with zero attached hydrogens (tertiary/aromatic N) is 1. The molecule has 1 aliphatic rings. The van der Waals surface area contributed by atoms with E-state index in [0.717, 1.165) is 0 Å². The van der Waals surface area contributed by atoms with Crippen LogP contribution in [0.3, 0.4) is 0 Å². The van der Waals surface area contributed by atoms with E-state index in [9.17, 15) is 52.3 Å². The van der Waals surface area contributed by atoms with E-state index in [-0.39, 0.29) is 18.2 Å². The molecule has 0 N–H and O–H groups in total. The van der Waals surface area contributed by atoms with Crippen LogP contribution in [0, 0.1) is 10.1 Å². The van der Waals surface area contributed by atoms with Crippen molar-refractivity contribution in [1.29, 1.82) is 0 Å². The molecular formula is C17H15F8NO9S. The number of halogens is 8. The number of hydrogen-bond donors (Lipinski definition) is 0. The van der Waals surface area contributed by atoms with Crippen molar-refractivity contribution < 1.29 is 71.1 Å². The quantitative estimate of drug-likeness (QED) is 0.0964. The highest BCUT2D eigenvalue weighted by Gasteiger charge is 2.66. The number of carbonyl (C=O) groups excluding carboxylic acids is 2. The van der Waals surface area contributed by atoms with Gasteiger partial charge in [-0.1, -0.05) is 26.4 Å². The van der Waals surface area contributed by atoms with Crippen molar-refractivity contribution in [3.8, 4) is 5.75 Å². The second-order valence-electron chi connectivity index (χ2n) is 6.81. The van der Waals surface area contributed by atoms with E-state index in [4.69, 9.17) is 4.74 Å². The van der Waals surface area contributed by atoms with Gasteiger partial charge in [-0.15, -0.1) is 10.1 Å². The summed E-state index contributed by atoms with van der Waals surface area (Å²) in [6.07, 6.45) is -10.1. The van der Waals surface area contributed by atoms with Gasteiger partial charge < -0.3 is 23.8 Å². The van der Waals surface area contributed by atoms with Crippen molar-refractivity contribution >= 4 is 28.4 Å². The molecule has 36 heavy (non-hydrogen) atoms. The van der Waals surface area contributed by atoms with Gasteiger partial charge in [-0.05, 0) is 30.2 Å². The fourth-order valence-electron chi connectivity index (χ4n) is 2.75. The molecule has 0 saturated heterocycles. The zero-order chi connectivity index (χ0) is 27.6. The molecule has 204 valence electrons. The van der Waals surface area contributed by atoms with E-state index in [0.29, 0.717) is 0 Å². The van der Waals surface area contributed by atoms with Crippen LogP contribution in [0.15, 0.2) is 22.6 Å². The Kier molecular flexibility index (Phi) is 7.32. The summed E-state index contributed by atoms with van der Waals surface area (Å²) >= 11 is 0. The molecule has 0 fully saturated rings. The summed E-state index contributed by atoms with van der Waals surface area (Å²) in [6.45, 7) is -1.55. The largest absolute Gasteiger partial charge is 0.511 e. The zero-order valence-electron chi connectivity index (χ0n) is 17.7. The molecule has 1 aromatic rings. The Balaban J connectivity index is 2.28. The van der Waals surface area contributed by atoms with Gasteiger partial charge in [-0.3, -0.25) is 0 Å². The molecule has 0 amide bonds. The molecule has 1 heterocycles. The first-order valence-corrected chi connectivity index (χ1v) is 11.3. The van der Waals surface area contributed by atoms with Crippen molar-refractivity contribution in [3.05, 3.63) is 38.9 Å². The summed E-state index contributed by atoms with van der Waals surface area (Å²) in [6, 6.07) is -0.183. The lowest BCUT2D eigenvalue weighted by Gasteiger charge is -2.41. The van der Waals surface area contributed by atoms with Crippen LogP contribution in [0.5, 0.6) is 5.75 Å². The molecule has 0 saturated carbocycles. The third kappa shape index (κ3) is 7.49. The van der Waals surface area contributed by atoms with Crippen molar-refractivity contribution in [1.82, 2.24) is 0 Å². The molecule has 0 aliphatic carbocycles. The number of fused-ring (bicyclic) bond motifs is 1. The molecule has 0 radical (unpaired) electrons. The molecule has 0 bridgehead atoms. The minimum atomic E-state index is -10.3. The number of ether oxygens (including phenoxy) is 4. The number of benzene rings is 1. The minimum Gasteiger partial charge on any atom is -0.475 e. The molecular weight excluding hydrogens is 546 g/mol. The fourth-order valence-corrected chi connectivity index (χ4v) is 3.46. The van der Waals surface area contributed by atoms with Crippen LogP contribution in [-0.2, 0) is 30.3 Å². The molecule has 1 aromatic carbocycles. The number of hydrogen-bond acceptors (Lipinski definition) is 9. The van der Waals surface area contributed by atoms with Gasteiger partial charge in [0, 0.05) is 5.56 Å². The van der Waals surface area contributed by atoms with E-state index in [2.05, 4.69) is 19.0 Å². The van der Waals surface area contributed by atoms with E-state index >= 15 is 0 Å². The molecule has 2 rings (SSSR count). The van der Waals surface area contributed by atoms with E-state index < -0.39 is 93.5 Å². The summed E-state index contributed by atoms with van der Waals surface area (Å²) in [5, 5.41) is 8.72. The predicted molar refractivity (Wildman–Crippen MR) is 102 cm³/mol. The van der Waals surface area contributed by atoms with Gasteiger partial charge in [-0.25, -0.2) is 9.59 Å². The van der Waals surface area contributed by atoms with E-state index in [1.807, 2.05) is 0 Å². The number of esters is 1. The van der Waals surface area contributed by atoms with Crippen molar-refractivity contribution in [2.24, 2.45) is 0 Å². The van der Waals surface area contributed by atoms with Crippen LogP contribution in [-0.4, -0.2) is 49.5 Å². The van der Waals surface area contributed by atoms with Gasteiger partial charge in [0.2, 0.25) is 12.9 Å². The minimum absolute atomic E-state index is 0.0267. The van der Waals surface area contributed by atoms with Gasteiger partial charge in [0.15, 0.2) is 0 Å². The lowest BCUT2D eigenvalue weighted by Crippen LogP contribution is -2.41. The summed E-state index contributed by atoms with van der Waals surface area (Å²) in [5.74, 6) is -2.66. The standard InChI is InChI=1S/C17H15F8NO9S/c1-2-9-5-11(36(21,22,23,24)25)6-10-7-12(14(17(18,19)20)35-13(9)10)15(27)32-8-33-16(28)31-3-4-34-26(29)30/h5-7,14H,2-4,8H2,1H3. The number of carbonyl (C=O) groups is 2.